The van der Waals surface area contributed by atoms with Crippen LogP contribution in [0, 0.1) is 34.0 Å². The Morgan fingerprint density at radius 3 is 2.59 bits per heavy atom. The van der Waals surface area contributed by atoms with Crippen molar-refractivity contribution in [1.82, 2.24) is 0 Å². The Labute approximate surface area is 171 Å². The zero-order valence-corrected chi connectivity index (χ0v) is 17.0. The molecule has 0 saturated heterocycles. The molecule has 2 bridgehead atoms. The standard InChI is InChI=1S/C25H27NO3/c1-22-10-3-4-11-23(22)13-14-25(22,17-5-7-18(29-2)8-6-17)20-19(27)9-12-24(28,15-16-26)21(20)23/h5-9,12-14,20-21,28H,3-4,10-11,15H2,1-2H3/t20-,21+,22+,23+,24-,25+/m1/s1. The Kier molecular flexibility index (Phi) is 3.75. The van der Waals surface area contributed by atoms with E-state index in [1.165, 1.54) is 6.08 Å². The number of nitrogens with zero attached hydrogens (tertiary/aromatic N) is 1. The van der Waals surface area contributed by atoms with Crippen LogP contribution in [-0.4, -0.2) is 23.6 Å². The number of carbonyl (C=O) groups is 1. The average Bonchev–Trinajstić information content (AvgIpc) is 3.12. The number of hydrogen-bond donors (Lipinski definition) is 1. The first-order valence-corrected chi connectivity index (χ1v) is 10.6. The molecule has 2 fully saturated rings. The number of allylic oxidation sites excluding steroid dienone is 3. The van der Waals surface area contributed by atoms with E-state index >= 15 is 0 Å². The quantitative estimate of drug-likeness (QED) is 0.790. The fraction of sp³-hybridized carbons (Fsp3) is 0.520. The Morgan fingerprint density at radius 1 is 1.17 bits per heavy atom. The summed E-state index contributed by atoms with van der Waals surface area (Å²) in [5.41, 5.74) is -1.09. The van der Waals surface area contributed by atoms with Crippen LogP contribution in [0.25, 0.3) is 0 Å². The molecule has 5 rings (SSSR count). The first kappa shape index (κ1) is 18.6. The zero-order valence-electron chi connectivity index (χ0n) is 17.0. The van der Waals surface area contributed by atoms with E-state index in [0.717, 1.165) is 37.0 Å². The number of nitriles is 1. The van der Waals surface area contributed by atoms with Gasteiger partial charge in [-0.25, -0.2) is 0 Å². The van der Waals surface area contributed by atoms with Crippen molar-refractivity contribution in [2.45, 2.75) is 50.0 Å². The summed E-state index contributed by atoms with van der Waals surface area (Å²) in [5, 5.41) is 21.1. The van der Waals surface area contributed by atoms with E-state index in [1.807, 2.05) is 12.1 Å². The van der Waals surface area contributed by atoms with Gasteiger partial charge in [0, 0.05) is 22.7 Å². The molecule has 0 aromatic heterocycles. The SMILES string of the molecule is COc1ccc([C@]23C=C[C@@]4(CCCC[C@]24C)[C@@H]2[C@H]3C(=O)C=C[C@@]2(O)CC#N)cc1. The highest BCUT2D eigenvalue weighted by molar-refractivity contribution is 5.96. The fourth-order valence-corrected chi connectivity index (χ4v) is 7.65. The van der Waals surface area contributed by atoms with Crippen LogP contribution in [0.1, 0.15) is 44.6 Å². The normalized spacial score (nSPS) is 44.3. The van der Waals surface area contributed by atoms with Crippen LogP contribution in [0.3, 0.4) is 0 Å². The van der Waals surface area contributed by atoms with E-state index < -0.39 is 11.0 Å². The van der Waals surface area contributed by atoms with Crippen molar-refractivity contribution in [2.24, 2.45) is 22.7 Å². The molecule has 0 aliphatic heterocycles. The monoisotopic (exact) mass is 389 g/mol. The van der Waals surface area contributed by atoms with Gasteiger partial charge in [-0.15, -0.1) is 0 Å². The minimum atomic E-state index is -1.27. The van der Waals surface area contributed by atoms with Crippen LogP contribution in [0.15, 0.2) is 48.6 Å². The Bertz CT molecular complexity index is 973. The minimum absolute atomic E-state index is 0.0162. The Hall–Kier alpha value is -2.38. The van der Waals surface area contributed by atoms with Gasteiger partial charge >= 0.3 is 0 Å². The second kappa shape index (κ2) is 5.83. The van der Waals surface area contributed by atoms with E-state index in [2.05, 4.69) is 37.3 Å². The lowest BCUT2D eigenvalue weighted by molar-refractivity contribution is -0.129. The maximum absolute atomic E-state index is 13.4. The molecule has 0 radical (unpaired) electrons. The third kappa shape index (κ3) is 1.95. The van der Waals surface area contributed by atoms with Crippen molar-refractivity contribution >= 4 is 5.78 Å². The summed E-state index contributed by atoms with van der Waals surface area (Å²) in [5.74, 6) is 0.238. The van der Waals surface area contributed by atoms with Gasteiger partial charge in [-0.2, -0.15) is 5.26 Å². The lowest BCUT2D eigenvalue weighted by atomic mass is 9.52. The highest BCUT2D eigenvalue weighted by Crippen LogP contribution is 2.80. The van der Waals surface area contributed by atoms with E-state index in [9.17, 15) is 15.2 Å². The predicted molar refractivity (Wildman–Crippen MR) is 109 cm³/mol. The van der Waals surface area contributed by atoms with Crippen molar-refractivity contribution in [3.8, 4) is 11.8 Å². The van der Waals surface area contributed by atoms with Crippen molar-refractivity contribution in [2.75, 3.05) is 7.11 Å². The van der Waals surface area contributed by atoms with Gasteiger partial charge in [-0.05, 0) is 48.1 Å². The molecule has 150 valence electrons. The van der Waals surface area contributed by atoms with Gasteiger partial charge in [-0.3, -0.25) is 4.79 Å². The van der Waals surface area contributed by atoms with E-state index in [1.54, 1.807) is 13.2 Å². The fourth-order valence-electron chi connectivity index (χ4n) is 7.65. The van der Waals surface area contributed by atoms with Crippen molar-refractivity contribution in [3.05, 3.63) is 54.1 Å². The molecule has 1 aromatic rings. The minimum Gasteiger partial charge on any atom is -0.497 e. The molecule has 4 heteroatoms. The smallest absolute Gasteiger partial charge is 0.160 e. The third-order valence-electron chi connectivity index (χ3n) is 8.79. The zero-order chi connectivity index (χ0) is 20.5. The second-order valence-electron chi connectivity index (χ2n) is 9.53. The summed E-state index contributed by atoms with van der Waals surface area (Å²) < 4.78 is 5.36. The average molecular weight is 389 g/mol. The predicted octanol–water partition coefficient (Wildman–Crippen LogP) is 4.10. The van der Waals surface area contributed by atoms with Gasteiger partial charge in [0.15, 0.2) is 5.78 Å². The number of rotatable bonds is 3. The number of ether oxygens (including phenoxy) is 1. The Morgan fingerprint density at radius 2 is 1.90 bits per heavy atom. The number of benzene rings is 1. The molecule has 0 heterocycles. The first-order valence-electron chi connectivity index (χ1n) is 10.6. The maximum atomic E-state index is 13.4. The van der Waals surface area contributed by atoms with Crippen LogP contribution >= 0.6 is 0 Å². The van der Waals surface area contributed by atoms with Crippen molar-refractivity contribution in [1.29, 1.82) is 5.26 Å². The molecule has 4 aliphatic rings. The number of carbonyl (C=O) groups excluding carboxylic acids is 1. The number of aliphatic hydroxyl groups is 1. The Balaban J connectivity index is 1.79. The molecule has 29 heavy (non-hydrogen) atoms. The number of fused-ring (bicyclic) bond motifs is 2. The highest BCUT2D eigenvalue weighted by atomic mass is 16.5. The summed E-state index contributed by atoms with van der Waals surface area (Å²) in [6.07, 6.45) is 11.9. The molecule has 0 unspecified atom stereocenters. The van der Waals surface area contributed by atoms with E-state index in [0.29, 0.717) is 0 Å². The molecule has 4 nitrogen and oxygen atoms in total. The molecule has 1 N–H and O–H groups in total. The topological polar surface area (TPSA) is 70.3 Å². The van der Waals surface area contributed by atoms with Crippen LogP contribution in [0.2, 0.25) is 0 Å². The van der Waals surface area contributed by atoms with Gasteiger partial charge in [0.05, 0.1) is 19.6 Å². The summed E-state index contributed by atoms with van der Waals surface area (Å²) in [4.78, 5) is 13.4. The molecule has 0 amide bonds. The van der Waals surface area contributed by atoms with Crippen molar-refractivity contribution in [3.63, 3.8) is 0 Å². The molecular formula is C25H27NO3. The van der Waals surface area contributed by atoms with Gasteiger partial charge < -0.3 is 9.84 Å². The van der Waals surface area contributed by atoms with Gasteiger partial charge in [0.1, 0.15) is 11.4 Å². The van der Waals surface area contributed by atoms with Crippen LogP contribution in [0.4, 0.5) is 0 Å². The summed E-state index contributed by atoms with van der Waals surface area (Å²) in [6.45, 7) is 2.31. The maximum Gasteiger partial charge on any atom is 0.160 e. The molecular weight excluding hydrogens is 362 g/mol. The summed E-state index contributed by atoms with van der Waals surface area (Å²) >= 11 is 0. The second-order valence-corrected chi connectivity index (χ2v) is 9.53. The van der Waals surface area contributed by atoms with E-state index in [-0.39, 0.29) is 34.9 Å². The molecule has 0 spiro atoms. The first-order chi connectivity index (χ1) is 13.9. The molecule has 4 aliphatic carbocycles. The highest BCUT2D eigenvalue weighted by Gasteiger charge is 2.79. The lowest BCUT2D eigenvalue weighted by Crippen LogP contribution is -2.53. The summed E-state index contributed by atoms with van der Waals surface area (Å²) in [6, 6.07) is 10.3. The number of ketones is 1. The summed E-state index contributed by atoms with van der Waals surface area (Å²) in [7, 11) is 1.65. The van der Waals surface area contributed by atoms with Gasteiger partial charge in [0.2, 0.25) is 0 Å². The lowest BCUT2D eigenvalue weighted by Gasteiger charge is -2.52. The van der Waals surface area contributed by atoms with Crippen LogP contribution in [0.5, 0.6) is 5.75 Å². The third-order valence-corrected chi connectivity index (χ3v) is 8.79. The largest absolute Gasteiger partial charge is 0.497 e. The molecule has 6 atom stereocenters. The van der Waals surface area contributed by atoms with Crippen LogP contribution in [-0.2, 0) is 10.2 Å². The van der Waals surface area contributed by atoms with Crippen LogP contribution < -0.4 is 4.74 Å². The van der Waals surface area contributed by atoms with E-state index in [4.69, 9.17) is 4.74 Å². The molecule has 1 aromatic carbocycles. The van der Waals surface area contributed by atoms with Crippen molar-refractivity contribution < 1.29 is 14.6 Å². The van der Waals surface area contributed by atoms with Gasteiger partial charge in [-0.1, -0.05) is 44.1 Å². The number of methoxy groups -OCH3 is 1. The van der Waals surface area contributed by atoms with Gasteiger partial charge in [0.25, 0.3) is 0 Å². The number of hydrogen-bond acceptors (Lipinski definition) is 4. The molecule has 2 saturated carbocycles.